The minimum atomic E-state index is -1.15. The molecule has 0 bridgehead atoms. The third-order valence-corrected chi connectivity index (χ3v) is 2.38. The summed E-state index contributed by atoms with van der Waals surface area (Å²) in [6, 6.07) is 8.10. The van der Waals surface area contributed by atoms with Crippen molar-refractivity contribution in [2.24, 2.45) is 0 Å². The molecule has 0 unspecified atom stereocenters. The fourth-order valence-corrected chi connectivity index (χ4v) is 1.53. The molecule has 3 nitrogen and oxygen atoms in total. The van der Waals surface area contributed by atoms with Gasteiger partial charge in [-0.15, -0.1) is 0 Å². The van der Waals surface area contributed by atoms with E-state index in [0.717, 1.165) is 6.07 Å². The Balaban J connectivity index is 2.40. The van der Waals surface area contributed by atoms with Crippen molar-refractivity contribution >= 4 is 5.97 Å². The quantitative estimate of drug-likeness (QED) is 0.909. The van der Waals surface area contributed by atoms with E-state index in [1.54, 1.807) is 0 Å². The van der Waals surface area contributed by atoms with E-state index < -0.39 is 18.2 Å². The molecule has 18 heavy (non-hydrogen) atoms. The van der Waals surface area contributed by atoms with Crippen LogP contribution in [-0.4, -0.2) is 16.1 Å². The smallest absolute Gasteiger partial charge is 0.309 e. The van der Waals surface area contributed by atoms with E-state index in [0.29, 0.717) is 11.3 Å². The highest BCUT2D eigenvalue weighted by Crippen LogP contribution is 2.19. The number of carboxylic acids is 1. The fourth-order valence-electron chi connectivity index (χ4n) is 1.53. The van der Waals surface area contributed by atoms with Crippen molar-refractivity contribution in [3.05, 3.63) is 53.7 Å². The van der Waals surface area contributed by atoms with Gasteiger partial charge in [-0.25, -0.2) is 13.8 Å². The van der Waals surface area contributed by atoms with E-state index in [4.69, 9.17) is 5.11 Å². The molecule has 0 aliphatic carbocycles. The number of nitrogens with zero attached hydrogens (tertiary/aromatic N) is 1. The van der Waals surface area contributed by atoms with Crippen LogP contribution in [0.3, 0.4) is 0 Å². The van der Waals surface area contributed by atoms with Gasteiger partial charge in [0, 0.05) is 5.56 Å². The van der Waals surface area contributed by atoms with Crippen molar-refractivity contribution < 1.29 is 18.7 Å². The van der Waals surface area contributed by atoms with Gasteiger partial charge >= 0.3 is 5.97 Å². The third-order valence-electron chi connectivity index (χ3n) is 2.38. The van der Waals surface area contributed by atoms with Gasteiger partial charge in [-0.1, -0.05) is 0 Å². The number of aliphatic carboxylic acids is 1. The molecule has 0 saturated carbocycles. The molecule has 0 radical (unpaired) electrons. The molecule has 1 aromatic carbocycles. The van der Waals surface area contributed by atoms with Crippen LogP contribution in [-0.2, 0) is 11.2 Å². The Morgan fingerprint density at radius 3 is 2.39 bits per heavy atom. The molecule has 1 heterocycles. The lowest BCUT2D eigenvalue weighted by Gasteiger charge is -2.04. The first-order chi connectivity index (χ1) is 8.56. The number of carboxylic acid groups (broad SMARTS) is 1. The molecular weight excluding hydrogens is 240 g/mol. The third kappa shape index (κ3) is 2.68. The summed E-state index contributed by atoms with van der Waals surface area (Å²) in [5.41, 5.74) is 0.875. The molecule has 2 rings (SSSR count). The Kier molecular flexibility index (Phi) is 3.32. The topological polar surface area (TPSA) is 50.2 Å². The van der Waals surface area contributed by atoms with Gasteiger partial charge in [0.25, 0.3) is 0 Å². The Morgan fingerprint density at radius 2 is 1.78 bits per heavy atom. The molecule has 0 amide bonds. The van der Waals surface area contributed by atoms with Crippen molar-refractivity contribution in [3.8, 4) is 11.3 Å². The molecule has 2 aromatic rings. The number of rotatable bonds is 3. The maximum atomic E-state index is 13.3. The summed E-state index contributed by atoms with van der Waals surface area (Å²) < 4.78 is 26.1. The van der Waals surface area contributed by atoms with Crippen LogP contribution in [0.5, 0.6) is 0 Å². The standard InChI is InChI=1S/C13H9F2NO2/c14-9-3-1-8(2-4-9)11-6-5-10(15)12(16-11)7-13(17)18/h1-6H,7H2,(H,17,18). The van der Waals surface area contributed by atoms with E-state index in [9.17, 15) is 13.6 Å². The van der Waals surface area contributed by atoms with Crippen LogP contribution in [0.15, 0.2) is 36.4 Å². The molecule has 92 valence electrons. The zero-order chi connectivity index (χ0) is 13.1. The molecular formula is C13H9F2NO2. The molecule has 0 atom stereocenters. The maximum Gasteiger partial charge on any atom is 0.309 e. The Bertz CT molecular complexity index is 582. The fraction of sp³-hybridized carbons (Fsp3) is 0.0769. The molecule has 0 fully saturated rings. The lowest BCUT2D eigenvalue weighted by Crippen LogP contribution is -2.05. The first-order valence-corrected chi connectivity index (χ1v) is 5.19. The zero-order valence-electron chi connectivity index (χ0n) is 9.23. The van der Waals surface area contributed by atoms with Gasteiger partial charge in [-0.05, 0) is 36.4 Å². The second kappa shape index (κ2) is 4.91. The van der Waals surface area contributed by atoms with Crippen molar-refractivity contribution in [1.82, 2.24) is 4.98 Å². The minimum Gasteiger partial charge on any atom is -0.481 e. The van der Waals surface area contributed by atoms with Crippen LogP contribution < -0.4 is 0 Å². The van der Waals surface area contributed by atoms with Crippen molar-refractivity contribution in [1.29, 1.82) is 0 Å². The first kappa shape index (κ1) is 12.2. The van der Waals surface area contributed by atoms with Crippen molar-refractivity contribution in [2.75, 3.05) is 0 Å². The summed E-state index contributed by atoms with van der Waals surface area (Å²) in [4.78, 5) is 14.5. The summed E-state index contributed by atoms with van der Waals surface area (Å²) in [6.45, 7) is 0. The number of aromatic nitrogens is 1. The summed E-state index contributed by atoms with van der Waals surface area (Å²) >= 11 is 0. The van der Waals surface area contributed by atoms with Gasteiger partial charge < -0.3 is 5.11 Å². The molecule has 0 aliphatic heterocycles. The second-order valence-electron chi connectivity index (χ2n) is 3.70. The molecule has 1 aromatic heterocycles. The number of hydrogen-bond acceptors (Lipinski definition) is 2. The van der Waals surface area contributed by atoms with Crippen molar-refractivity contribution in [2.45, 2.75) is 6.42 Å². The van der Waals surface area contributed by atoms with Crippen LogP contribution in [0, 0.1) is 11.6 Å². The average molecular weight is 249 g/mol. The van der Waals surface area contributed by atoms with Crippen LogP contribution in [0.1, 0.15) is 5.69 Å². The monoisotopic (exact) mass is 249 g/mol. The van der Waals surface area contributed by atoms with Crippen LogP contribution in [0.25, 0.3) is 11.3 Å². The van der Waals surface area contributed by atoms with E-state index in [-0.39, 0.29) is 11.5 Å². The van der Waals surface area contributed by atoms with Gasteiger partial charge in [-0.2, -0.15) is 0 Å². The maximum absolute atomic E-state index is 13.3. The van der Waals surface area contributed by atoms with Gasteiger partial charge in [-0.3, -0.25) is 4.79 Å². The van der Waals surface area contributed by atoms with Crippen LogP contribution in [0.4, 0.5) is 8.78 Å². The predicted molar refractivity (Wildman–Crippen MR) is 60.9 cm³/mol. The Morgan fingerprint density at radius 1 is 1.11 bits per heavy atom. The Labute approximate surface area is 102 Å². The minimum absolute atomic E-state index is 0.135. The van der Waals surface area contributed by atoms with Gasteiger partial charge in [0.15, 0.2) is 0 Å². The highest BCUT2D eigenvalue weighted by Gasteiger charge is 2.10. The highest BCUT2D eigenvalue weighted by molar-refractivity contribution is 5.70. The number of carbonyl (C=O) groups is 1. The summed E-state index contributed by atoms with van der Waals surface area (Å²) in [5, 5.41) is 8.63. The van der Waals surface area contributed by atoms with E-state index in [1.165, 1.54) is 30.3 Å². The van der Waals surface area contributed by atoms with Crippen LogP contribution in [0.2, 0.25) is 0 Å². The second-order valence-corrected chi connectivity index (χ2v) is 3.70. The number of pyridine rings is 1. The number of benzene rings is 1. The van der Waals surface area contributed by atoms with Crippen LogP contribution >= 0.6 is 0 Å². The highest BCUT2D eigenvalue weighted by atomic mass is 19.1. The lowest BCUT2D eigenvalue weighted by molar-refractivity contribution is -0.136. The predicted octanol–water partition coefficient (Wildman–Crippen LogP) is 2.65. The van der Waals surface area contributed by atoms with E-state index >= 15 is 0 Å². The summed E-state index contributed by atoms with van der Waals surface area (Å²) in [5.74, 6) is -2.20. The number of halogens is 2. The normalized spacial score (nSPS) is 10.3. The molecule has 0 saturated heterocycles. The van der Waals surface area contributed by atoms with Gasteiger partial charge in [0.1, 0.15) is 11.6 Å². The summed E-state index contributed by atoms with van der Waals surface area (Å²) in [7, 11) is 0. The molecule has 1 N–H and O–H groups in total. The SMILES string of the molecule is O=C(O)Cc1nc(-c2ccc(F)cc2)ccc1F. The summed E-state index contributed by atoms with van der Waals surface area (Å²) in [6.07, 6.45) is -0.485. The zero-order valence-corrected chi connectivity index (χ0v) is 9.23. The van der Waals surface area contributed by atoms with Gasteiger partial charge in [0.05, 0.1) is 17.8 Å². The van der Waals surface area contributed by atoms with Crippen molar-refractivity contribution in [3.63, 3.8) is 0 Å². The van der Waals surface area contributed by atoms with Gasteiger partial charge in [0.2, 0.25) is 0 Å². The average Bonchev–Trinajstić information content (AvgIpc) is 2.32. The number of hydrogen-bond donors (Lipinski definition) is 1. The largest absolute Gasteiger partial charge is 0.481 e. The van der Waals surface area contributed by atoms with E-state index in [2.05, 4.69) is 4.98 Å². The lowest BCUT2D eigenvalue weighted by atomic mass is 10.1. The molecule has 5 heteroatoms. The molecule has 0 aliphatic rings. The van der Waals surface area contributed by atoms with E-state index in [1.807, 2.05) is 0 Å². The first-order valence-electron chi connectivity index (χ1n) is 5.19. The Hall–Kier alpha value is -2.30. The molecule has 0 spiro atoms.